The van der Waals surface area contributed by atoms with Crippen LogP contribution in [0.4, 0.5) is 4.79 Å². The minimum absolute atomic E-state index is 0.0872. The number of carboxylic acid groups (broad SMARTS) is 1. The summed E-state index contributed by atoms with van der Waals surface area (Å²) in [5.41, 5.74) is 4.44. The number of benzene rings is 2. The number of alkyl carbamates (subject to hydrolysis) is 1. The van der Waals surface area contributed by atoms with E-state index in [9.17, 15) is 14.7 Å². The van der Waals surface area contributed by atoms with E-state index < -0.39 is 24.2 Å². The first kappa shape index (κ1) is 19.6. The lowest BCUT2D eigenvalue weighted by Gasteiger charge is -2.22. The number of carboxylic acids is 1. The van der Waals surface area contributed by atoms with E-state index >= 15 is 0 Å². The smallest absolute Gasteiger partial charge is 0.407 e. The van der Waals surface area contributed by atoms with Gasteiger partial charge in [0.05, 0.1) is 12.7 Å². The monoisotopic (exact) mass is 381 g/mol. The van der Waals surface area contributed by atoms with Crippen LogP contribution in [0.1, 0.15) is 24.0 Å². The van der Waals surface area contributed by atoms with Crippen molar-refractivity contribution >= 4 is 12.1 Å². The first-order valence-electron chi connectivity index (χ1n) is 9.09. The Morgan fingerprint density at radius 1 is 1.14 bits per heavy atom. The third-order valence-corrected chi connectivity index (χ3v) is 4.83. The Balaban J connectivity index is 1.67. The molecule has 0 heterocycles. The van der Waals surface area contributed by atoms with Gasteiger partial charge >= 0.3 is 12.1 Å². The third kappa shape index (κ3) is 4.07. The Kier molecular flexibility index (Phi) is 6.11. The average Bonchev–Trinajstić information content (AvgIpc) is 3.02. The summed E-state index contributed by atoms with van der Waals surface area (Å²) in [5, 5.41) is 11.7. The van der Waals surface area contributed by atoms with E-state index in [1.165, 1.54) is 6.08 Å². The van der Waals surface area contributed by atoms with E-state index in [1.54, 1.807) is 6.92 Å². The molecule has 0 aliphatic heterocycles. The Morgan fingerprint density at radius 3 is 2.25 bits per heavy atom. The molecule has 6 nitrogen and oxygen atoms in total. The molecular weight excluding hydrogens is 358 g/mol. The molecule has 1 amide bonds. The number of rotatable bonds is 8. The molecule has 6 heteroatoms. The first-order chi connectivity index (χ1) is 13.5. The minimum Gasteiger partial charge on any atom is -0.480 e. The van der Waals surface area contributed by atoms with Crippen molar-refractivity contribution in [2.24, 2.45) is 0 Å². The molecule has 0 spiro atoms. The van der Waals surface area contributed by atoms with Crippen LogP contribution in [-0.4, -0.2) is 42.5 Å². The molecule has 3 rings (SSSR count). The number of ether oxygens (including phenoxy) is 2. The van der Waals surface area contributed by atoms with Crippen molar-refractivity contribution in [3.63, 3.8) is 0 Å². The normalized spacial score (nSPS) is 14.5. The molecule has 0 saturated heterocycles. The second kappa shape index (κ2) is 8.71. The molecule has 0 fully saturated rings. The summed E-state index contributed by atoms with van der Waals surface area (Å²) in [5.74, 6) is -1.28. The summed E-state index contributed by atoms with van der Waals surface area (Å²) >= 11 is 0. The number of carbonyl (C=O) groups is 2. The quantitative estimate of drug-likeness (QED) is 0.683. The lowest BCUT2D eigenvalue weighted by atomic mass is 9.98. The van der Waals surface area contributed by atoms with E-state index in [-0.39, 0.29) is 19.1 Å². The summed E-state index contributed by atoms with van der Waals surface area (Å²) in [6.45, 7) is 5.41. The van der Waals surface area contributed by atoms with Crippen LogP contribution in [0.5, 0.6) is 0 Å². The predicted octanol–water partition coefficient (Wildman–Crippen LogP) is 3.57. The molecule has 0 bridgehead atoms. The van der Waals surface area contributed by atoms with Gasteiger partial charge in [0.15, 0.2) is 6.04 Å². The van der Waals surface area contributed by atoms with Gasteiger partial charge in [0.25, 0.3) is 0 Å². The molecule has 2 N–H and O–H groups in total. The van der Waals surface area contributed by atoms with Crippen molar-refractivity contribution in [2.45, 2.75) is 25.0 Å². The molecule has 0 aromatic heterocycles. The van der Waals surface area contributed by atoms with Crippen LogP contribution in [0.25, 0.3) is 11.1 Å². The molecule has 2 aromatic carbocycles. The van der Waals surface area contributed by atoms with Crippen molar-refractivity contribution in [1.29, 1.82) is 0 Å². The maximum absolute atomic E-state index is 12.2. The van der Waals surface area contributed by atoms with Gasteiger partial charge in [-0.2, -0.15) is 0 Å². The largest absolute Gasteiger partial charge is 0.480 e. The highest BCUT2D eigenvalue weighted by Crippen LogP contribution is 2.44. The fourth-order valence-corrected chi connectivity index (χ4v) is 3.46. The fraction of sp³-hybridized carbons (Fsp3) is 0.273. The molecule has 1 aliphatic carbocycles. The summed E-state index contributed by atoms with van der Waals surface area (Å²) in [4.78, 5) is 23.7. The van der Waals surface area contributed by atoms with Crippen LogP contribution in [0.3, 0.4) is 0 Å². The maximum atomic E-state index is 12.2. The number of carbonyl (C=O) groups excluding carboxylic acids is 1. The molecule has 2 atom stereocenters. The summed E-state index contributed by atoms with van der Waals surface area (Å²) in [6, 6.07) is 14.8. The first-order valence-corrected chi connectivity index (χ1v) is 9.09. The van der Waals surface area contributed by atoms with Crippen molar-refractivity contribution in [1.82, 2.24) is 5.32 Å². The second-order valence-electron chi connectivity index (χ2n) is 6.61. The van der Waals surface area contributed by atoms with Crippen molar-refractivity contribution < 1.29 is 24.2 Å². The van der Waals surface area contributed by atoms with Gasteiger partial charge in [0.2, 0.25) is 0 Å². The van der Waals surface area contributed by atoms with E-state index in [2.05, 4.69) is 11.9 Å². The highest BCUT2D eigenvalue weighted by atomic mass is 16.6. The molecule has 2 aromatic rings. The summed E-state index contributed by atoms with van der Waals surface area (Å²) in [7, 11) is 0. The summed E-state index contributed by atoms with van der Waals surface area (Å²) in [6.07, 6.45) is 0.00204. The van der Waals surface area contributed by atoms with Crippen LogP contribution in [0.15, 0.2) is 61.2 Å². The lowest BCUT2D eigenvalue weighted by molar-refractivity contribution is -0.143. The maximum Gasteiger partial charge on any atom is 0.407 e. The topological polar surface area (TPSA) is 84.9 Å². The molecule has 0 radical (unpaired) electrons. The van der Waals surface area contributed by atoms with Gasteiger partial charge in [-0.05, 0) is 29.2 Å². The van der Waals surface area contributed by atoms with Gasteiger partial charge in [0.1, 0.15) is 6.61 Å². The molecule has 0 saturated carbocycles. The number of hydrogen-bond acceptors (Lipinski definition) is 4. The molecule has 146 valence electrons. The van der Waals surface area contributed by atoms with Crippen LogP contribution < -0.4 is 5.32 Å². The molecule has 1 aliphatic rings. The zero-order valence-corrected chi connectivity index (χ0v) is 15.6. The van der Waals surface area contributed by atoms with Crippen LogP contribution in [0, 0.1) is 0 Å². The fourth-order valence-electron chi connectivity index (χ4n) is 3.46. The Hall–Kier alpha value is -3.12. The molecule has 28 heavy (non-hydrogen) atoms. The number of amides is 1. The second-order valence-corrected chi connectivity index (χ2v) is 6.61. The van der Waals surface area contributed by atoms with Crippen LogP contribution in [-0.2, 0) is 14.3 Å². The van der Waals surface area contributed by atoms with Crippen LogP contribution >= 0.6 is 0 Å². The zero-order valence-electron chi connectivity index (χ0n) is 15.6. The van der Waals surface area contributed by atoms with Gasteiger partial charge in [-0.3, -0.25) is 0 Å². The predicted molar refractivity (Wildman–Crippen MR) is 105 cm³/mol. The Labute approximate surface area is 163 Å². The zero-order chi connectivity index (χ0) is 20.1. The van der Waals surface area contributed by atoms with Gasteiger partial charge in [-0.15, -0.1) is 6.58 Å². The third-order valence-electron chi connectivity index (χ3n) is 4.83. The van der Waals surface area contributed by atoms with Crippen molar-refractivity contribution in [3.8, 4) is 11.1 Å². The van der Waals surface area contributed by atoms with Crippen LogP contribution in [0.2, 0.25) is 0 Å². The highest BCUT2D eigenvalue weighted by molar-refractivity contribution is 5.81. The highest BCUT2D eigenvalue weighted by Gasteiger charge is 2.31. The number of fused-ring (bicyclic) bond motifs is 3. The van der Waals surface area contributed by atoms with E-state index in [0.29, 0.717) is 0 Å². The average molecular weight is 381 g/mol. The Bertz CT molecular complexity index is 833. The molecule has 2 unspecified atom stereocenters. The standard InChI is InChI=1S/C22H23NO5/c1-3-12-27-14(2)20(21(24)25)23-22(26)28-13-19-17-10-6-4-8-15(17)16-9-5-7-11-18(16)19/h3-11,14,19-20H,1,12-13H2,2H3,(H,23,26)(H,24,25). The number of aliphatic carboxylic acids is 1. The lowest BCUT2D eigenvalue weighted by Crippen LogP contribution is -2.49. The van der Waals surface area contributed by atoms with Gasteiger partial charge in [-0.25, -0.2) is 9.59 Å². The van der Waals surface area contributed by atoms with Gasteiger partial charge in [-0.1, -0.05) is 54.6 Å². The summed E-state index contributed by atoms with van der Waals surface area (Å²) < 4.78 is 10.7. The SMILES string of the molecule is C=CCOC(C)C(NC(=O)OCC1c2ccccc2-c2ccccc21)C(=O)O. The molecular formula is C22H23NO5. The van der Waals surface area contributed by atoms with E-state index in [4.69, 9.17) is 9.47 Å². The Morgan fingerprint density at radius 2 is 1.71 bits per heavy atom. The number of hydrogen-bond donors (Lipinski definition) is 2. The van der Waals surface area contributed by atoms with Crippen molar-refractivity contribution in [3.05, 3.63) is 72.3 Å². The van der Waals surface area contributed by atoms with E-state index in [1.807, 2.05) is 48.5 Å². The minimum atomic E-state index is -1.21. The van der Waals surface area contributed by atoms with Crippen molar-refractivity contribution in [2.75, 3.05) is 13.2 Å². The van der Waals surface area contributed by atoms with E-state index in [0.717, 1.165) is 22.3 Å². The van der Waals surface area contributed by atoms with Gasteiger partial charge in [0, 0.05) is 5.92 Å². The van der Waals surface area contributed by atoms with Gasteiger partial charge < -0.3 is 19.9 Å². The number of nitrogens with one attached hydrogen (secondary N) is 1.